The van der Waals surface area contributed by atoms with Crippen LogP contribution in [0.4, 0.5) is 5.69 Å². The molecule has 0 radical (unpaired) electrons. The molecule has 1 atom stereocenters. The van der Waals surface area contributed by atoms with Crippen molar-refractivity contribution in [2.45, 2.75) is 32.8 Å². The van der Waals surface area contributed by atoms with Gasteiger partial charge in [-0.25, -0.2) is 13.2 Å². The molecular formula is C16H21NO5S. The second kappa shape index (κ2) is 7.12. The topological polar surface area (TPSA) is 89.5 Å². The third-order valence-electron chi connectivity index (χ3n) is 3.55. The first-order chi connectivity index (χ1) is 10.7. The predicted octanol–water partition coefficient (Wildman–Crippen LogP) is 2.02. The van der Waals surface area contributed by atoms with Crippen molar-refractivity contribution in [3.63, 3.8) is 0 Å². The van der Waals surface area contributed by atoms with Gasteiger partial charge in [0, 0.05) is 12.1 Å². The number of benzene rings is 1. The maximum absolute atomic E-state index is 11.9. The van der Waals surface area contributed by atoms with Crippen molar-refractivity contribution in [1.29, 1.82) is 0 Å². The minimum Gasteiger partial charge on any atom is -0.459 e. The van der Waals surface area contributed by atoms with E-state index in [2.05, 4.69) is 5.32 Å². The lowest BCUT2D eigenvalue weighted by Gasteiger charge is -2.10. The summed E-state index contributed by atoms with van der Waals surface area (Å²) >= 11 is 0. The van der Waals surface area contributed by atoms with Crippen molar-refractivity contribution in [3.05, 3.63) is 29.8 Å². The van der Waals surface area contributed by atoms with E-state index < -0.39 is 15.8 Å². The van der Waals surface area contributed by atoms with Crippen molar-refractivity contribution in [1.82, 2.24) is 0 Å². The van der Waals surface area contributed by atoms with Gasteiger partial charge >= 0.3 is 5.97 Å². The number of carbonyl (C=O) groups is 2. The second-order valence-electron chi connectivity index (χ2n) is 6.05. The van der Waals surface area contributed by atoms with E-state index in [1.165, 1.54) is 0 Å². The zero-order valence-electron chi connectivity index (χ0n) is 13.2. The van der Waals surface area contributed by atoms with E-state index in [1.54, 1.807) is 38.1 Å². The molecule has 0 aliphatic carbocycles. The highest BCUT2D eigenvalue weighted by atomic mass is 32.2. The average Bonchev–Trinajstić information content (AvgIpc) is 2.77. The molecule has 6 nitrogen and oxygen atoms in total. The lowest BCUT2D eigenvalue weighted by Crippen LogP contribution is -2.17. The Hall–Kier alpha value is -1.89. The van der Waals surface area contributed by atoms with Gasteiger partial charge in [-0.05, 0) is 50.5 Å². The summed E-state index contributed by atoms with van der Waals surface area (Å²) in [4.78, 5) is 23.7. The summed E-state index contributed by atoms with van der Waals surface area (Å²) in [6.45, 7) is 3.55. The molecule has 0 aromatic heterocycles. The zero-order valence-corrected chi connectivity index (χ0v) is 14.1. The number of hydrogen-bond acceptors (Lipinski definition) is 5. The summed E-state index contributed by atoms with van der Waals surface area (Å²) in [5.41, 5.74) is 0.982. The summed E-state index contributed by atoms with van der Waals surface area (Å²) in [6.07, 6.45) is 0.538. The number of esters is 1. The van der Waals surface area contributed by atoms with E-state index in [-0.39, 0.29) is 35.9 Å². The van der Waals surface area contributed by atoms with E-state index in [0.29, 0.717) is 17.7 Å². The van der Waals surface area contributed by atoms with Crippen LogP contribution in [-0.4, -0.2) is 37.9 Å². The van der Waals surface area contributed by atoms with Crippen molar-refractivity contribution >= 4 is 27.4 Å². The van der Waals surface area contributed by atoms with Gasteiger partial charge in [-0.2, -0.15) is 0 Å². The Morgan fingerprint density at radius 3 is 2.43 bits per heavy atom. The molecule has 126 valence electrons. The van der Waals surface area contributed by atoms with Crippen LogP contribution < -0.4 is 5.32 Å². The first-order valence-electron chi connectivity index (χ1n) is 7.56. The molecule has 0 unspecified atom stereocenters. The zero-order chi connectivity index (χ0) is 17.0. The van der Waals surface area contributed by atoms with Gasteiger partial charge in [0.15, 0.2) is 9.84 Å². The summed E-state index contributed by atoms with van der Waals surface area (Å²) in [6, 6.07) is 6.42. The van der Waals surface area contributed by atoms with Gasteiger partial charge in [0.25, 0.3) is 0 Å². The monoisotopic (exact) mass is 339 g/mol. The SMILES string of the molecule is CC(C)OC(=O)c1ccc(NC(=O)C[C@H]2CCS(=O)(=O)C2)cc1. The van der Waals surface area contributed by atoms with Gasteiger partial charge in [-0.3, -0.25) is 4.79 Å². The first-order valence-corrected chi connectivity index (χ1v) is 9.38. The molecule has 1 aliphatic rings. The van der Waals surface area contributed by atoms with Crippen LogP contribution in [0.15, 0.2) is 24.3 Å². The molecular weight excluding hydrogens is 318 g/mol. The van der Waals surface area contributed by atoms with Crippen LogP contribution in [0, 0.1) is 5.92 Å². The first kappa shape index (κ1) is 17.5. The Labute approximate surface area is 136 Å². The maximum atomic E-state index is 11.9. The quantitative estimate of drug-likeness (QED) is 0.829. The third-order valence-corrected chi connectivity index (χ3v) is 5.38. The number of rotatable bonds is 5. The third kappa shape index (κ3) is 5.35. The van der Waals surface area contributed by atoms with Crippen molar-refractivity contribution in [2.75, 3.05) is 16.8 Å². The minimum absolute atomic E-state index is 0.0837. The average molecular weight is 339 g/mol. The van der Waals surface area contributed by atoms with Crippen LogP contribution in [0.5, 0.6) is 0 Å². The summed E-state index contributed by atoms with van der Waals surface area (Å²) in [5, 5.41) is 2.72. The normalized spacial score (nSPS) is 19.5. The Morgan fingerprint density at radius 2 is 1.91 bits per heavy atom. The number of amides is 1. The predicted molar refractivity (Wildman–Crippen MR) is 87.0 cm³/mol. The largest absolute Gasteiger partial charge is 0.459 e. The Morgan fingerprint density at radius 1 is 1.26 bits per heavy atom. The molecule has 0 bridgehead atoms. The summed E-state index contributed by atoms with van der Waals surface area (Å²) in [7, 11) is -2.97. The molecule has 23 heavy (non-hydrogen) atoms. The van der Waals surface area contributed by atoms with Crippen LogP contribution in [-0.2, 0) is 19.4 Å². The summed E-state index contributed by atoms with van der Waals surface area (Å²) < 4.78 is 27.8. The molecule has 0 saturated carbocycles. The molecule has 2 rings (SSSR count). The lowest BCUT2D eigenvalue weighted by atomic mass is 10.0. The molecule has 1 fully saturated rings. The Kier molecular flexibility index (Phi) is 5.41. The van der Waals surface area contributed by atoms with E-state index in [1.807, 2.05) is 0 Å². The smallest absolute Gasteiger partial charge is 0.338 e. The minimum atomic E-state index is -2.97. The van der Waals surface area contributed by atoms with E-state index in [9.17, 15) is 18.0 Å². The number of sulfone groups is 1. The van der Waals surface area contributed by atoms with Crippen molar-refractivity contribution < 1.29 is 22.7 Å². The fourth-order valence-electron chi connectivity index (χ4n) is 2.48. The molecule has 1 saturated heterocycles. The van der Waals surface area contributed by atoms with E-state index in [0.717, 1.165) is 0 Å². The van der Waals surface area contributed by atoms with Gasteiger partial charge < -0.3 is 10.1 Å². The van der Waals surface area contributed by atoms with Crippen LogP contribution >= 0.6 is 0 Å². The van der Waals surface area contributed by atoms with Gasteiger partial charge in [0.2, 0.25) is 5.91 Å². The van der Waals surface area contributed by atoms with Crippen molar-refractivity contribution in [3.8, 4) is 0 Å². The Balaban J connectivity index is 1.88. The van der Waals surface area contributed by atoms with Gasteiger partial charge in [0.05, 0.1) is 23.2 Å². The summed E-state index contributed by atoms with van der Waals surface area (Å²) in [5.74, 6) is -0.489. The molecule has 1 aromatic carbocycles. The number of nitrogens with one attached hydrogen (secondary N) is 1. The van der Waals surface area contributed by atoms with E-state index in [4.69, 9.17) is 4.74 Å². The molecule has 1 aromatic rings. The number of hydrogen-bond donors (Lipinski definition) is 1. The fourth-order valence-corrected chi connectivity index (χ4v) is 4.34. The maximum Gasteiger partial charge on any atom is 0.338 e. The highest BCUT2D eigenvalue weighted by Crippen LogP contribution is 2.22. The number of anilines is 1. The lowest BCUT2D eigenvalue weighted by molar-refractivity contribution is -0.116. The molecule has 1 N–H and O–H groups in total. The van der Waals surface area contributed by atoms with Crippen LogP contribution in [0.2, 0.25) is 0 Å². The van der Waals surface area contributed by atoms with Crippen LogP contribution in [0.3, 0.4) is 0 Å². The molecule has 1 aliphatic heterocycles. The molecule has 0 spiro atoms. The highest BCUT2D eigenvalue weighted by molar-refractivity contribution is 7.91. The van der Waals surface area contributed by atoms with E-state index >= 15 is 0 Å². The standard InChI is InChI=1S/C16H21NO5S/c1-11(2)22-16(19)13-3-5-14(6-4-13)17-15(18)9-12-7-8-23(20,21)10-12/h3-6,11-12H,7-10H2,1-2H3,(H,17,18)/t12-/m1/s1. The van der Waals surface area contributed by atoms with Gasteiger partial charge in [0.1, 0.15) is 0 Å². The molecule has 1 heterocycles. The van der Waals surface area contributed by atoms with Crippen LogP contribution in [0.1, 0.15) is 37.0 Å². The molecule has 1 amide bonds. The van der Waals surface area contributed by atoms with Crippen LogP contribution in [0.25, 0.3) is 0 Å². The number of carbonyl (C=O) groups excluding carboxylic acids is 2. The number of ether oxygens (including phenoxy) is 1. The Bertz CT molecular complexity index is 679. The highest BCUT2D eigenvalue weighted by Gasteiger charge is 2.29. The molecule has 7 heteroatoms. The van der Waals surface area contributed by atoms with Gasteiger partial charge in [-0.15, -0.1) is 0 Å². The second-order valence-corrected chi connectivity index (χ2v) is 8.28. The van der Waals surface area contributed by atoms with Gasteiger partial charge in [-0.1, -0.05) is 0 Å². The van der Waals surface area contributed by atoms with Crippen molar-refractivity contribution in [2.24, 2.45) is 5.92 Å². The fraction of sp³-hybridized carbons (Fsp3) is 0.500.